The number of anilines is 1. The Morgan fingerprint density at radius 3 is 2.64 bits per heavy atom. The van der Waals surface area contributed by atoms with Crippen LogP contribution in [0.5, 0.6) is 5.75 Å². The molecule has 0 saturated carbocycles. The summed E-state index contributed by atoms with van der Waals surface area (Å²) >= 11 is 0. The van der Waals surface area contributed by atoms with Gasteiger partial charge in [-0.3, -0.25) is 4.79 Å². The largest absolute Gasteiger partial charge is 0.495 e. The van der Waals surface area contributed by atoms with Crippen molar-refractivity contribution in [2.75, 3.05) is 12.4 Å². The molecular formula is C20H18FNO3. The fourth-order valence-electron chi connectivity index (χ4n) is 2.52. The first-order chi connectivity index (χ1) is 12.2. The van der Waals surface area contributed by atoms with Gasteiger partial charge in [-0.1, -0.05) is 24.3 Å². The Bertz CT molecular complexity index is 873. The molecule has 1 aromatic heterocycles. The second-order valence-electron chi connectivity index (χ2n) is 5.49. The SMILES string of the molecule is COc1ccccc1NC(=O)CCc1ccc(-c2ccccc2F)o1. The minimum atomic E-state index is -0.336. The normalized spacial score (nSPS) is 10.5. The van der Waals surface area contributed by atoms with Gasteiger partial charge in [-0.2, -0.15) is 0 Å². The average molecular weight is 339 g/mol. The standard InChI is InChI=1S/C20H18FNO3/c1-24-19-9-5-4-8-17(19)22-20(23)13-11-14-10-12-18(25-14)15-6-2-3-7-16(15)21/h2-10,12H,11,13H2,1H3,(H,22,23). The van der Waals surface area contributed by atoms with Crippen molar-refractivity contribution in [2.45, 2.75) is 12.8 Å². The van der Waals surface area contributed by atoms with Crippen LogP contribution in [-0.4, -0.2) is 13.0 Å². The molecule has 5 heteroatoms. The molecule has 25 heavy (non-hydrogen) atoms. The van der Waals surface area contributed by atoms with Crippen molar-refractivity contribution in [1.82, 2.24) is 0 Å². The number of methoxy groups -OCH3 is 1. The van der Waals surface area contributed by atoms with E-state index in [9.17, 15) is 9.18 Å². The number of amides is 1. The van der Waals surface area contributed by atoms with Gasteiger partial charge in [0.2, 0.25) is 5.91 Å². The zero-order chi connectivity index (χ0) is 17.6. The molecule has 0 atom stereocenters. The van der Waals surface area contributed by atoms with Gasteiger partial charge in [-0.05, 0) is 36.4 Å². The van der Waals surface area contributed by atoms with Crippen molar-refractivity contribution >= 4 is 11.6 Å². The molecule has 2 aromatic carbocycles. The third-order valence-corrected chi connectivity index (χ3v) is 3.78. The molecule has 1 heterocycles. The third kappa shape index (κ3) is 4.07. The van der Waals surface area contributed by atoms with E-state index in [1.54, 1.807) is 49.6 Å². The summed E-state index contributed by atoms with van der Waals surface area (Å²) < 4.78 is 24.6. The van der Waals surface area contributed by atoms with Crippen LogP contribution in [0.2, 0.25) is 0 Å². The van der Waals surface area contributed by atoms with Gasteiger partial charge in [0.05, 0.1) is 18.4 Å². The summed E-state index contributed by atoms with van der Waals surface area (Å²) in [4.78, 5) is 12.1. The number of carbonyl (C=O) groups is 1. The fourth-order valence-corrected chi connectivity index (χ4v) is 2.52. The highest BCUT2D eigenvalue weighted by Crippen LogP contribution is 2.26. The molecule has 3 rings (SSSR count). The summed E-state index contributed by atoms with van der Waals surface area (Å²) in [6, 6.07) is 17.1. The van der Waals surface area contributed by atoms with Gasteiger partial charge in [0.15, 0.2) is 0 Å². The number of carbonyl (C=O) groups excluding carboxylic acids is 1. The lowest BCUT2D eigenvalue weighted by atomic mass is 10.1. The smallest absolute Gasteiger partial charge is 0.224 e. The van der Waals surface area contributed by atoms with Crippen molar-refractivity contribution in [3.05, 3.63) is 72.2 Å². The van der Waals surface area contributed by atoms with Gasteiger partial charge in [0.25, 0.3) is 0 Å². The van der Waals surface area contributed by atoms with Gasteiger partial charge < -0.3 is 14.5 Å². The molecule has 0 bridgehead atoms. The predicted molar refractivity (Wildman–Crippen MR) is 94.0 cm³/mol. The minimum absolute atomic E-state index is 0.145. The molecule has 0 aliphatic rings. The summed E-state index contributed by atoms with van der Waals surface area (Å²) in [5.74, 6) is 1.22. The Hall–Kier alpha value is -3.08. The number of hydrogen-bond donors (Lipinski definition) is 1. The molecule has 0 radical (unpaired) electrons. The van der Waals surface area contributed by atoms with Crippen molar-refractivity contribution in [3.8, 4) is 17.1 Å². The maximum atomic E-state index is 13.8. The number of rotatable bonds is 6. The Morgan fingerprint density at radius 1 is 1.08 bits per heavy atom. The van der Waals surface area contributed by atoms with Gasteiger partial charge in [0, 0.05) is 12.8 Å². The van der Waals surface area contributed by atoms with Gasteiger partial charge in [0.1, 0.15) is 23.1 Å². The minimum Gasteiger partial charge on any atom is -0.495 e. The van der Waals surface area contributed by atoms with Crippen molar-refractivity contribution in [3.63, 3.8) is 0 Å². The van der Waals surface area contributed by atoms with Crippen LogP contribution in [0.3, 0.4) is 0 Å². The van der Waals surface area contributed by atoms with Crippen molar-refractivity contribution in [2.24, 2.45) is 0 Å². The molecule has 4 nitrogen and oxygen atoms in total. The number of para-hydroxylation sites is 2. The summed E-state index contributed by atoms with van der Waals surface area (Å²) in [5.41, 5.74) is 1.04. The molecular weight excluding hydrogens is 321 g/mol. The van der Waals surface area contributed by atoms with E-state index in [2.05, 4.69) is 5.32 Å². The molecule has 128 valence electrons. The van der Waals surface area contributed by atoms with E-state index in [1.165, 1.54) is 6.07 Å². The molecule has 1 N–H and O–H groups in total. The van der Waals surface area contributed by atoms with Crippen LogP contribution < -0.4 is 10.1 Å². The van der Waals surface area contributed by atoms with Gasteiger partial charge >= 0.3 is 0 Å². The van der Waals surface area contributed by atoms with Crippen LogP contribution in [-0.2, 0) is 11.2 Å². The van der Waals surface area contributed by atoms with Crippen LogP contribution in [0.15, 0.2) is 65.1 Å². The lowest BCUT2D eigenvalue weighted by molar-refractivity contribution is -0.116. The zero-order valence-electron chi connectivity index (χ0n) is 13.8. The van der Waals surface area contributed by atoms with E-state index in [0.29, 0.717) is 34.9 Å². The summed E-state index contributed by atoms with van der Waals surface area (Å²) in [6.45, 7) is 0. The van der Waals surface area contributed by atoms with E-state index in [0.717, 1.165) is 0 Å². The number of aryl methyl sites for hydroxylation is 1. The number of hydrogen-bond acceptors (Lipinski definition) is 3. The van der Waals surface area contributed by atoms with Crippen LogP contribution >= 0.6 is 0 Å². The first kappa shape index (κ1) is 16.8. The van der Waals surface area contributed by atoms with Crippen LogP contribution in [0.4, 0.5) is 10.1 Å². The first-order valence-corrected chi connectivity index (χ1v) is 7.94. The highest BCUT2D eigenvalue weighted by molar-refractivity contribution is 5.92. The van der Waals surface area contributed by atoms with E-state index < -0.39 is 0 Å². The van der Waals surface area contributed by atoms with E-state index in [-0.39, 0.29) is 18.1 Å². The van der Waals surface area contributed by atoms with Crippen molar-refractivity contribution in [1.29, 1.82) is 0 Å². The fraction of sp³-hybridized carbons (Fsp3) is 0.150. The van der Waals surface area contributed by atoms with Gasteiger partial charge in [-0.25, -0.2) is 4.39 Å². The Labute approximate surface area is 145 Å². The quantitative estimate of drug-likeness (QED) is 0.710. The van der Waals surface area contributed by atoms with Crippen LogP contribution in [0.1, 0.15) is 12.2 Å². The summed E-state index contributed by atoms with van der Waals surface area (Å²) in [6.07, 6.45) is 0.678. The Morgan fingerprint density at radius 2 is 1.84 bits per heavy atom. The monoisotopic (exact) mass is 339 g/mol. The topological polar surface area (TPSA) is 51.5 Å². The number of ether oxygens (including phenoxy) is 1. The van der Waals surface area contributed by atoms with E-state index in [1.807, 2.05) is 12.1 Å². The maximum absolute atomic E-state index is 13.8. The summed E-state index contributed by atoms with van der Waals surface area (Å²) in [5, 5.41) is 2.81. The van der Waals surface area contributed by atoms with Crippen LogP contribution in [0, 0.1) is 5.82 Å². The number of nitrogens with one attached hydrogen (secondary N) is 1. The van der Waals surface area contributed by atoms with Crippen molar-refractivity contribution < 1.29 is 18.3 Å². The molecule has 1 amide bonds. The van der Waals surface area contributed by atoms with Crippen LogP contribution in [0.25, 0.3) is 11.3 Å². The highest BCUT2D eigenvalue weighted by atomic mass is 19.1. The van der Waals surface area contributed by atoms with E-state index in [4.69, 9.17) is 9.15 Å². The second kappa shape index (κ2) is 7.66. The number of benzene rings is 2. The lowest BCUT2D eigenvalue weighted by Gasteiger charge is -2.09. The lowest BCUT2D eigenvalue weighted by Crippen LogP contribution is -2.12. The maximum Gasteiger partial charge on any atom is 0.224 e. The molecule has 0 spiro atoms. The molecule has 0 fully saturated rings. The third-order valence-electron chi connectivity index (χ3n) is 3.78. The Balaban J connectivity index is 1.61. The number of halogens is 1. The first-order valence-electron chi connectivity index (χ1n) is 7.94. The van der Waals surface area contributed by atoms with Gasteiger partial charge in [-0.15, -0.1) is 0 Å². The van der Waals surface area contributed by atoms with E-state index >= 15 is 0 Å². The second-order valence-corrected chi connectivity index (χ2v) is 5.49. The predicted octanol–water partition coefficient (Wildman–Crippen LogP) is 4.67. The average Bonchev–Trinajstić information content (AvgIpc) is 3.09. The number of furan rings is 1. The Kier molecular flexibility index (Phi) is 5.14. The molecule has 0 unspecified atom stereocenters. The zero-order valence-corrected chi connectivity index (χ0v) is 13.8. The summed E-state index contributed by atoms with van der Waals surface area (Å²) in [7, 11) is 1.55. The highest BCUT2D eigenvalue weighted by Gasteiger charge is 2.11. The molecule has 0 saturated heterocycles. The molecule has 0 aliphatic heterocycles. The molecule has 0 aliphatic carbocycles. The molecule has 3 aromatic rings.